The van der Waals surface area contributed by atoms with Gasteiger partial charge in [0.2, 0.25) is 0 Å². The van der Waals surface area contributed by atoms with Crippen molar-refractivity contribution in [2.75, 3.05) is 7.05 Å². The van der Waals surface area contributed by atoms with Crippen LogP contribution in [-0.4, -0.2) is 41.0 Å². The summed E-state index contributed by atoms with van der Waals surface area (Å²) in [5.74, 6) is 1.14. The van der Waals surface area contributed by atoms with Gasteiger partial charge >= 0.3 is 0 Å². The van der Waals surface area contributed by atoms with Crippen molar-refractivity contribution in [3.63, 3.8) is 0 Å². The van der Waals surface area contributed by atoms with Crippen molar-refractivity contribution < 1.29 is 9.84 Å². The molecule has 6 unspecified atom stereocenters. The Balaban J connectivity index is 1.69. The van der Waals surface area contributed by atoms with E-state index in [4.69, 9.17) is 4.74 Å². The fourth-order valence-electron chi connectivity index (χ4n) is 5.98. The Morgan fingerprint density at radius 2 is 1.91 bits per heavy atom. The van der Waals surface area contributed by atoms with Crippen LogP contribution >= 0.6 is 0 Å². The van der Waals surface area contributed by atoms with E-state index in [1.54, 1.807) is 0 Å². The topological polar surface area (TPSA) is 32.7 Å². The lowest BCUT2D eigenvalue weighted by atomic mass is 9.67. The van der Waals surface area contributed by atoms with E-state index in [2.05, 4.69) is 37.9 Å². The molecule has 2 aliphatic carbocycles. The maximum absolute atomic E-state index is 9.93. The molecule has 3 heteroatoms. The molecule has 0 radical (unpaired) electrons. The zero-order valence-electron chi connectivity index (χ0n) is 14.3. The minimum atomic E-state index is -0.240. The second-order valence-corrected chi connectivity index (χ2v) is 8.63. The molecule has 6 atom stereocenters. The largest absolute Gasteiger partial charge is 0.393 e. The van der Waals surface area contributed by atoms with Gasteiger partial charge in [-0.05, 0) is 51.1 Å². The summed E-state index contributed by atoms with van der Waals surface area (Å²) >= 11 is 0. The molecular weight excluding hydrogens is 274 g/mol. The lowest BCUT2D eigenvalue weighted by Gasteiger charge is -2.51. The van der Waals surface area contributed by atoms with Gasteiger partial charge in [-0.15, -0.1) is 0 Å². The number of likely N-dealkylation sites (N-methyl/N-ethyl adjacent to an activating group) is 1. The molecule has 0 aromatic rings. The molecule has 0 aromatic heterocycles. The van der Waals surface area contributed by atoms with E-state index in [0.29, 0.717) is 12.0 Å². The minimum absolute atomic E-state index is 0.138. The molecule has 3 fully saturated rings. The number of aliphatic hydroxyl groups excluding tert-OH is 1. The van der Waals surface area contributed by atoms with Crippen molar-refractivity contribution in [3.05, 3.63) is 12.2 Å². The van der Waals surface area contributed by atoms with Crippen molar-refractivity contribution in [2.24, 2.45) is 17.3 Å². The van der Waals surface area contributed by atoms with E-state index in [-0.39, 0.29) is 23.3 Å². The van der Waals surface area contributed by atoms with Crippen LogP contribution in [0.3, 0.4) is 0 Å². The van der Waals surface area contributed by atoms with Crippen LogP contribution in [0.5, 0.6) is 0 Å². The molecule has 1 N–H and O–H groups in total. The Bertz CT molecular complexity index is 474. The molecule has 4 rings (SSSR count). The van der Waals surface area contributed by atoms with Gasteiger partial charge in [-0.3, -0.25) is 4.90 Å². The lowest BCUT2D eigenvalue weighted by Crippen LogP contribution is -2.57. The molecule has 1 spiro atoms. The highest BCUT2D eigenvalue weighted by Crippen LogP contribution is 2.59. The van der Waals surface area contributed by atoms with Crippen LogP contribution < -0.4 is 0 Å². The summed E-state index contributed by atoms with van der Waals surface area (Å²) in [5, 5.41) is 9.93. The Hall–Kier alpha value is -0.380. The van der Waals surface area contributed by atoms with Gasteiger partial charge in [0, 0.05) is 17.4 Å². The molecular formula is C19H31NO2. The van der Waals surface area contributed by atoms with Crippen LogP contribution in [0.4, 0.5) is 0 Å². The predicted octanol–water partition coefficient (Wildman–Crippen LogP) is 3.33. The van der Waals surface area contributed by atoms with E-state index < -0.39 is 0 Å². The van der Waals surface area contributed by atoms with Crippen molar-refractivity contribution >= 4 is 0 Å². The zero-order valence-corrected chi connectivity index (χ0v) is 14.3. The van der Waals surface area contributed by atoms with Crippen molar-refractivity contribution in [2.45, 2.75) is 82.8 Å². The summed E-state index contributed by atoms with van der Waals surface area (Å²) in [6.45, 7) is 4.84. The summed E-state index contributed by atoms with van der Waals surface area (Å²) in [4.78, 5) is 2.55. The highest BCUT2D eigenvalue weighted by Gasteiger charge is 2.64. The second kappa shape index (κ2) is 5.06. The summed E-state index contributed by atoms with van der Waals surface area (Å²) in [7, 11) is 2.28. The summed E-state index contributed by atoms with van der Waals surface area (Å²) in [6.07, 6.45) is 13.0. The molecule has 0 aromatic carbocycles. The van der Waals surface area contributed by atoms with Gasteiger partial charge < -0.3 is 9.84 Å². The second-order valence-electron chi connectivity index (χ2n) is 8.63. The van der Waals surface area contributed by atoms with Crippen LogP contribution in [0.15, 0.2) is 12.2 Å². The fourth-order valence-corrected chi connectivity index (χ4v) is 5.98. The predicted molar refractivity (Wildman–Crippen MR) is 87.4 cm³/mol. The van der Waals surface area contributed by atoms with Gasteiger partial charge in [0.25, 0.3) is 0 Å². The number of rotatable bonds is 0. The molecule has 2 saturated carbocycles. The van der Waals surface area contributed by atoms with Gasteiger partial charge in [0.15, 0.2) is 0 Å². The normalized spacial score (nSPS) is 50.8. The average Bonchev–Trinajstić information content (AvgIpc) is 2.67. The van der Waals surface area contributed by atoms with Gasteiger partial charge in [-0.25, -0.2) is 0 Å². The maximum atomic E-state index is 9.93. The Morgan fingerprint density at radius 1 is 1.14 bits per heavy atom. The maximum Gasteiger partial charge on any atom is 0.146 e. The number of aliphatic hydroxyl groups is 1. The first kappa shape index (κ1) is 15.2. The van der Waals surface area contributed by atoms with Gasteiger partial charge in [-0.1, -0.05) is 32.8 Å². The SMILES string of the molecule is CN1C2CCCCC2C(C)(C)C12C=CC1CC(O)CCC1O2. The third-order valence-electron chi connectivity index (χ3n) is 7.31. The number of likely N-dealkylation sites (tertiary alicyclic amines) is 1. The van der Waals surface area contributed by atoms with E-state index in [0.717, 1.165) is 25.2 Å². The number of nitrogens with zero attached hydrogens (tertiary/aromatic N) is 1. The first-order valence-electron chi connectivity index (χ1n) is 9.24. The minimum Gasteiger partial charge on any atom is -0.393 e. The van der Waals surface area contributed by atoms with Crippen LogP contribution in [0.1, 0.15) is 58.8 Å². The monoisotopic (exact) mass is 305 g/mol. The molecule has 0 bridgehead atoms. The van der Waals surface area contributed by atoms with Crippen molar-refractivity contribution in [3.8, 4) is 0 Å². The van der Waals surface area contributed by atoms with Crippen molar-refractivity contribution in [1.29, 1.82) is 0 Å². The number of hydrogen-bond donors (Lipinski definition) is 1. The molecule has 124 valence electrons. The van der Waals surface area contributed by atoms with Gasteiger partial charge in [0.1, 0.15) is 5.72 Å². The Labute approximate surface area is 134 Å². The van der Waals surface area contributed by atoms with E-state index in [1.807, 2.05) is 0 Å². The number of hydrogen-bond acceptors (Lipinski definition) is 3. The van der Waals surface area contributed by atoms with Crippen LogP contribution in [0.2, 0.25) is 0 Å². The molecule has 3 nitrogen and oxygen atoms in total. The van der Waals surface area contributed by atoms with Gasteiger partial charge in [-0.2, -0.15) is 0 Å². The quantitative estimate of drug-likeness (QED) is 0.697. The van der Waals surface area contributed by atoms with Crippen LogP contribution in [-0.2, 0) is 4.74 Å². The van der Waals surface area contributed by atoms with E-state index in [9.17, 15) is 5.11 Å². The molecule has 1 saturated heterocycles. The summed E-state index contributed by atoms with van der Waals surface area (Å²) in [5.41, 5.74) is -0.0828. The third-order valence-corrected chi connectivity index (χ3v) is 7.31. The molecule has 22 heavy (non-hydrogen) atoms. The average molecular weight is 305 g/mol. The highest BCUT2D eigenvalue weighted by molar-refractivity contribution is 5.22. The molecule has 0 amide bonds. The Morgan fingerprint density at radius 3 is 2.68 bits per heavy atom. The molecule has 2 aliphatic heterocycles. The highest BCUT2D eigenvalue weighted by atomic mass is 16.5. The molecule has 2 heterocycles. The van der Waals surface area contributed by atoms with E-state index in [1.165, 1.54) is 25.7 Å². The number of fused-ring (bicyclic) bond motifs is 2. The first-order valence-corrected chi connectivity index (χ1v) is 9.24. The lowest BCUT2D eigenvalue weighted by molar-refractivity contribution is -0.209. The fraction of sp³-hybridized carbons (Fsp3) is 0.895. The summed E-state index contributed by atoms with van der Waals surface area (Å²) < 4.78 is 6.83. The van der Waals surface area contributed by atoms with Gasteiger partial charge in [0.05, 0.1) is 12.2 Å². The van der Waals surface area contributed by atoms with E-state index >= 15 is 0 Å². The first-order chi connectivity index (χ1) is 10.5. The van der Waals surface area contributed by atoms with Crippen LogP contribution in [0.25, 0.3) is 0 Å². The van der Waals surface area contributed by atoms with Crippen LogP contribution in [0, 0.1) is 17.3 Å². The smallest absolute Gasteiger partial charge is 0.146 e. The molecule has 4 aliphatic rings. The summed E-state index contributed by atoms with van der Waals surface area (Å²) in [6, 6.07) is 0.666. The van der Waals surface area contributed by atoms with Crippen molar-refractivity contribution in [1.82, 2.24) is 4.90 Å². The zero-order chi connectivity index (χ0) is 15.5. The standard InChI is InChI=1S/C19H31NO2/c1-18(2)15-6-4-5-7-16(15)20(3)19(18)11-10-13-12-14(21)8-9-17(13)22-19/h10-11,13-17,21H,4-9,12H2,1-3H3. The Kier molecular flexibility index (Phi) is 3.49. The third kappa shape index (κ3) is 1.91. The number of ether oxygens (including phenoxy) is 1.